The van der Waals surface area contributed by atoms with Crippen LogP contribution in [0.3, 0.4) is 0 Å². The molecule has 0 radical (unpaired) electrons. The molecule has 0 bridgehead atoms. The number of primary sulfonamides is 1. The van der Waals surface area contributed by atoms with Crippen molar-refractivity contribution >= 4 is 44.8 Å². The van der Waals surface area contributed by atoms with E-state index in [0.29, 0.717) is 17.2 Å². The van der Waals surface area contributed by atoms with Crippen LogP contribution in [0.25, 0.3) is 11.0 Å². The first-order valence-electron chi connectivity index (χ1n) is 6.47. The van der Waals surface area contributed by atoms with Crippen LogP contribution in [0.2, 0.25) is 0 Å². The van der Waals surface area contributed by atoms with Gasteiger partial charge in [-0.05, 0) is 25.1 Å². The molecule has 9 nitrogen and oxygen atoms in total. The van der Waals surface area contributed by atoms with Crippen molar-refractivity contribution in [3.05, 3.63) is 18.2 Å². The molecule has 0 aliphatic rings. The first-order valence-corrected chi connectivity index (χ1v) is 9.00. The molecule has 11 heteroatoms. The number of nitrogens with one attached hydrogen (secondary N) is 1. The maximum absolute atomic E-state index is 11.5. The highest BCUT2D eigenvalue weighted by Gasteiger charge is 2.15. The lowest BCUT2D eigenvalue weighted by Gasteiger charge is -2.05. The normalized spacial score (nSPS) is 11.6. The summed E-state index contributed by atoms with van der Waals surface area (Å²) in [7, 11) is -3.82. The van der Waals surface area contributed by atoms with E-state index in [1.807, 2.05) is 16.8 Å². The van der Waals surface area contributed by atoms with Crippen LogP contribution in [0.4, 0.5) is 4.79 Å². The van der Waals surface area contributed by atoms with Crippen LogP contribution in [-0.2, 0) is 21.4 Å². The number of carbonyl (C=O) groups is 2. The largest absolute Gasteiger partial charge is 0.351 e. The van der Waals surface area contributed by atoms with Gasteiger partial charge in [0.1, 0.15) is 0 Å². The van der Waals surface area contributed by atoms with Crippen molar-refractivity contribution in [2.75, 3.05) is 5.75 Å². The standard InChI is InChI=1S/C12H15N5O4S2/c1-2-17-9-4-3-7(23(14,20)21)5-8(9)15-12(17)22-6-10(18)16-11(13)19/h3-5H,2,6H2,1H3,(H2,14,20,21)(H3,13,16,18,19). The summed E-state index contributed by atoms with van der Waals surface area (Å²) in [6.07, 6.45) is 0. The van der Waals surface area contributed by atoms with Crippen LogP contribution in [0.5, 0.6) is 0 Å². The number of amides is 3. The zero-order valence-corrected chi connectivity index (χ0v) is 13.8. The molecule has 1 heterocycles. The maximum Gasteiger partial charge on any atom is 0.318 e. The van der Waals surface area contributed by atoms with Crippen molar-refractivity contribution < 1.29 is 18.0 Å². The van der Waals surface area contributed by atoms with Crippen molar-refractivity contribution in [2.24, 2.45) is 10.9 Å². The van der Waals surface area contributed by atoms with Gasteiger partial charge in [-0.2, -0.15) is 0 Å². The summed E-state index contributed by atoms with van der Waals surface area (Å²) in [5.74, 6) is -0.587. The Kier molecular flexibility index (Phi) is 4.92. The minimum atomic E-state index is -3.82. The highest BCUT2D eigenvalue weighted by molar-refractivity contribution is 7.99. The average Bonchev–Trinajstić information content (AvgIpc) is 2.79. The van der Waals surface area contributed by atoms with Crippen LogP contribution >= 0.6 is 11.8 Å². The predicted molar refractivity (Wildman–Crippen MR) is 85.2 cm³/mol. The molecule has 0 spiro atoms. The van der Waals surface area contributed by atoms with Gasteiger partial charge in [0.15, 0.2) is 5.16 Å². The Hall–Kier alpha value is -2.11. The fraction of sp³-hybridized carbons (Fsp3) is 0.250. The second kappa shape index (κ2) is 6.56. The van der Waals surface area contributed by atoms with Gasteiger partial charge in [-0.1, -0.05) is 11.8 Å². The molecule has 0 unspecified atom stereocenters. The summed E-state index contributed by atoms with van der Waals surface area (Å²) in [6, 6.07) is 3.47. The van der Waals surface area contributed by atoms with E-state index < -0.39 is 22.0 Å². The Balaban J connectivity index is 2.33. The van der Waals surface area contributed by atoms with Crippen LogP contribution < -0.4 is 16.2 Å². The number of imidazole rings is 1. The fourth-order valence-electron chi connectivity index (χ4n) is 1.98. The molecule has 0 aliphatic heterocycles. The predicted octanol–water partition coefficient (Wildman–Crippen LogP) is -0.00940. The monoisotopic (exact) mass is 357 g/mol. The third-order valence-corrected chi connectivity index (χ3v) is 4.81. The lowest BCUT2D eigenvalue weighted by Crippen LogP contribution is -2.36. The first-order chi connectivity index (χ1) is 10.7. The lowest BCUT2D eigenvalue weighted by atomic mass is 10.3. The van der Waals surface area contributed by atoms with Gasteiger partial charge in [-0.25, -0.2) is 23.3 Å². The molecule has 0 atom stereocenters. The zero-order chi connectivity index (χ0) is 17.2. The molecule has 0 fully saturated rings. The average molecular weight is 357 g/mol. The Morgan fingerprint density at radius 1 is 1.39 bits per heavy atom. The zero-order valence-electron chi connectivity index (χ0n) is 12.1. The Morgan fingerprint density at radius 3 is 2.65 bits per heavy atom. The summed E-state index contributed by atoms with van der Waals surface area (Å²) >= 11 is 1.11. The summed E-state index contributed by atoms with van der Waals surface area (Å²) < 4.78 is 24.6. The van der Waals surface area contributed by atoms with Crippen LogP contribution in [0.1, 0.15) is 6.92 Å². The number of aromatic nitrogens is 2. The van der Waals surface area contributed by atoms with Gasteiger partial charge in [0.05, 0.1) is 21.7 Å². The third kappa shape index (κ3) is 4.00. The summed E-state index contributed by atoms with van der Waals surface area (Å²) in [5, 5.41) is 7.59. The molecule has 1 aromatic carbocycles. The van der Waals surface area contributed by atoms with E-state index >= 15 is 0 Å². The number of fused-ring (bicyclic) bond motifs is 1. The van der Waals surface area contributed by atoms with E-state index in [1.165, 1.54) is 12.1 Å². The number of hydrogen-bond donors (Lipinski definition) is 3. The van der Waals surface area contributed by atoms with Gasteiger partial charge in [0.2, 0.25) is 15.9 Å². The van der Waals surface area contributed by atoms with Gasteiger partial charge in [0.25, 0.3) is 0 Å². The number of nitrogens with two attached hydrogens (primary N) is 2. The van der Waals surface area contributed by atoms with Crippen molar-refractivity contribution in [2.45, 2.75) is 23.5 Å². The minimum Gasteiger partial charge on any atom is -0.351 e. The molecule has 1 aromatic heterocycles. The number of aryl methyl sites for hydroxylation is 1. The van der Waals surface area contributed by atoms with Crippen LogP contribution in [0, 0.1) is 0 Å². The van der Waals surface area contributed by atoms with Gasteiger partial charge < -0.3 is 10.3 Å². The Bertz CT molecular complexity index is 875. The van der Waals surface area contributed by atoms with E-state index in [2.05, 4.69) is 4.98 Å². The molecular weight excluding hydrogens is 342 g/mol. The number of nitrogens with zero attached hydrogens (tertiary/aromatic N) is 2. The van der Waals surface area contributed by atoms with E-state index in [4.69, 9.17) is 10.9 Å². The first kappa shape index (κ1) is 17.2. The Morgan fingerprint density at radius 2 is 2.09 bits per heavy atom. The molecule has 0 aliphatic carbocycles. The van der Waals surface area contributed by atoms with Crippen molar-refractivity contribution in [3.63, 3.8) is 0 Å². The number of carbonyl (C=O) groups excluding carboxylic acids is 2. The van der Waals surface area contributed by atoms with Crippen molar-refractivity contribution in [1.29, 1.82) is 0 Å². The number of benzene rings is 1. The molecule has 124 valence electrons. The smallest absolute Gasteiger partial charge is 0.318 e. The van der Waals surface area contributed by atoms with Crippen LogP contribution in [-0.4, -0.2) is 35.7 Å². The lowest BCUT2D eigenvalue weighted by molar-refractivity contribution is -0.117. The van der Waals surface area contributed by atoms with Gasteiger partial charge in [0, 0.05) is 6.54 Å². The molecule has 2 aromatic rings. The van der Waals surface area contributed by atoms with Crippen LogP contribution in [0.15, 0.2) is 28.3 Å². The molecule has 0 saturated carbocycles. The molecule has 0 saturated heterocycles. The SMILES string of the molecule is CCn1c(SCC(=O)NC(N)=O)nc2cc(S(N)(=O)=O)ccc21. The molecule has 3 amide bonds. The van der Waals surface area contributed by atoms with Crippen molar-refractivity contribution in [1.82, 2.24) is 14.9 Å². The second-order valence-corrected chi connectivity index (χ2v) is 7.04. The van der Waals surface area contributed by atoms with Gasteiger partial charge >= 0.3 is 6.03 Å². The number of urea groups is 1. The highest BCUT2D eigenvalue weighted by atomic mass is 32.2. The number of rotatable bonds is 5. The molecule has 2 rings (SSSR count). The van der Waals surface area contributed by atoms with E-state index in [1.54, 1.807) is 6.07 Å². The fourth-order valence-corrected chi connectivity index (χ4v) is 3.40. The van der Waals surface area contributed by atoms with E-state index in [-0.39, 0.29) is 10.6 Å². The number of primary amides is 1. The number of thioether (sulfide) groups is 1. The topological polar surface area (TPSA) is 150 Å². The van der Waals surface area contributed by atoms with Gasteiger partial charge in [-0.15, -0.1) is 0 Å². The van der Waals surface area contributed by atoms with Crippen molar-refractivity contribution in [3.8, 4) is 0 Å². The Labute approximate surface area is 136 Å². The van der Waals surface area contributed by atoms with Gasteiger partial charge in [-0.3, -0.25) is 10.1 Å². The second-order valence-electron chi connectivity index (χ2n) is 4.54. The quantitative estimate of drug-likeness (QED) is 0.640. The summed E-state index contributed by atoms with van der Waals surface area (Å²) in [6.45, 7) is 2.47. The highest BCUT2D eigenvalue weighted by Crippen LogP contribution is 2.25. The summed E-state index contributed by atoms with van der Waals surface area (Å²) in [4.78, 5) is 26.4. The third-order valence-electron chi connectivity index (χ3n) is 2.92. The maximum atomic E-state index is 11.5. The van der Waals surface area contributed by atoms with E-state index in [0.717, 1.165) is 17.3 Å². The van der Waals surface area contributed by atoms with E-state index in [9.17, 15) is 18.0 Å². The number of sulfonamides is 1. The molecule has 23 heavy (non-hydrogen) atoms. The minimum absolute atomic E-state index is 0.0335. The molecule has 5 N–H and O–H groups in total. The molecular formula is C12H15N5O4S2. The number of imide groups is 1. The summed E-state index contributed by atoms with van der Waals surface area (Å²) in [5.41, 5.74) is 6.04. The number of hydrogen-bond acceptors (Lipinski definition) is 6.